The van der Waals surface area contributed by atoms with Gasteiger partial charge in [-0.25, -0.2) is 14.6 Å². The van der Waals surface area contributed by atoms with Crippen molar-refractivity contribution in [2.75, 3.05) is 13.1 Å². The first-order valence-electron chi connectivity index (χ1n) is 5.67. The average Bonchev–Trinajstić information content (AvgIpc) is 2.92. The van der Waals surface area contributed by atoms with Crippen molar-refractivity contribution in [1.82, 2.24) is 24.4 Å². The lowest BCUT2D eigenvalue weighted by Gasteiger charge is -2.13. The zero-order valence-corrected chi connectivity index (χ0v) is 10.5. The SMILES string of the molecule is O=C(O)N1CC[C@H](n2c(=O)[nH]c3cnc(Cl)nc32)C1. The quantitative estimate of drug-likeness (QED) is 0.750. The Balaban J connectivity index is 2.06. The third kappa shape index (κ3) is 1.93. The van der Waals surface area contributed by atoms with Gasteiger partial charge in [0.15, 0.2) is 5.65 Å². The van der Waals surface area contributed by atoms with Crippen LogP contribution >= 0.6 is 11.6 Å². The fourth-order valence-corrected chi connectivity index (χ4v) is 2.49. The van der Waals surface area contributed by atoms with Crippen molar-refractivity contribution < 1.29 is 9.90 Å². The first-order chi connectivity index (χ1) is 9.06. The van der Waals surface area contributed by atoms with Gasteiger partial charge in [0.2, 0.25) is 5.28 Å². The predicted octanol–water partition coefficient (Wildman–Crippen LogP) is 0.698. The van der Waals surface area contributed by atoms with Gasteiger partial charge in [0.05, 0.1) is 12.2 Å². The van der Waals surface area contributed by atoms with E-state index in [1.54, 1.807) is 0 Å². The molecule has 1 saturated heterocycles. The first kappa shape index (κ1) is 12.0. The fourth-order valence-electron chi connectivity index (χ4n) is 2.36. The van der Waals surface area contributed by atoms with E-state index >= 15 is 0 Å². The van der Waals surface area contributed by atoms with Crippen molar-refractivity contribution in [2.24, 2.45) is 0 Å². The summed E-state index contributed by atoms with van der Waals surface area (Å²) in [6, 6.07) is -0.233. The fraction of sp³-hybridized carbons (Fsp3) is 0.400. The summed E-state index contributed by atoms with van der Waals surface area (Å²) in [5.41, 5.74) is 0.564. The maximum Gasteiger partial charge on any atom is 0.407 e. The molecule has 3 rings (SSSR count). The largest absolute Gasteiger partial charge is 0.465 e. The summed E-state index contributed by atoms with van der Waals surface area (Å²) >= 11 is 5.73. The Labute approximate surface area is 111 Å². The van der Waals surface area contributed by atoms with Gasteiger partial charge >= 0.3 is 11.8 Å². The molecule has 0 aromatic carbocycles. The van der Waals surface area contributed by atoms with E-state index in [4.69, 9.17) is 16.7 Å². The summed E-state index contributed by atoms with van der Waals surface area (Å²) < 4.78 is 1.45. The molecular formula is C10H10ClN5O3. The molecule has 0 bridgehead atoms. The highest BCUT2D eigenvalue weighted by atomic mass is 35.5. The number of nitrogens with one attached hydrogen (secondary N) is 1. The molecular weight excluding hydrogens is 274 g/mol. The second kappa shape index (κ2) is 4.23. The normalized spacial score (nSPS) is 19.2. The number of carbonyl (C=O) groups is 1. The van der Waals surface area contributed by atoms with E-state index in [0.29, 0.717) is 24.1 Å². The maximum atomic E-state index is 11.9. The minimum Gasteiger partial charge on any atom is -0.465 e. The van der Waals surface area contributed by atoms with E-state index in [0.717, 1.165) is 0 Å². The van der Waals surface area contributed by atoms with Crippen LogP contribution in [0.5, 0.6) is 0 Å². The van der Waals surface area contributed by atoms with Gasteiger partial charge in [0.1, 0.15) is 5.52 Å². The monoisotopic (exact) mass is 283 g/mol. The second-order valence-corrected chi connectivity index (χ2v) is 4.69. The number of amides is 1. The van der Waals surface area contributed by atoms with Crippen molar-refractivity contribution in [1.29, 1.82) is 0 Å². The molecule has 1 aliphatic rings. The van der Waals surface area contributed by atoms with E-state index in [9.17, 15) is 9.59 Å². The Bertz CT molecular complexity index is 709. The average molecular weight is 284 g/mol. The van der Waals surface area contributed by atoms with E-state index in [1.165, 1.54) is 15.7 Å². The van der Waals surface area contributed by atoms with Gasteiger partial charge in [-0.1, -0.05) is 0 Å². The van der Waals surface area contributed by atoms with Crippen LogP contribution in [0.15, 0.2) is 11.0 Å². The van der Waals surface area contributed by atoms with E-state index in [1.807, 2.05) is 0 Å². The topological polar surface area (TPSA) is 104 Å². The van der Waals surface area contributed by atoms with Crippen molar-refractivity contribution >= 4 is 28.9 Å². The summed E-state index contributed by atoms with van der Waals surface area (Å²) in [4.78, 5) is 34.6. The molecule has 0 aliphatic carbocycles. The van der Waals surface area contributed by atoms with E-state index < -0.39 is 6.09 Å². The highest BCUT2D eigenvalue weighted by molar-refractivity contribution is 6.28. The number of nitrogens with zero attached hydrogens (tertiary/aromatic N) is 4. The van der Waals surface area contributed by atoms with Crippen LogP contribution < -0.4 is 5.69 Å². The third-order valence-electron chi connectivity index (χ3n) is 3.23. The molecule has 1 amide bonds. The maximum absolute atomic E-state index is 11.9. The van der Waals surface area contributed by atoms with Crippen LogP contribution in [0.25, 0.3) is 11.2 Å². The number of aromatic nitrogens is 4. The molecule has 8 nitrogen and oxygen atoms in total. The van der Waals surface area contributed by atoms with Crippen molar-refractivity contribution in [3.05, 3.63) is 22.0 Å². The van der Waals surface area contributed by atoms with E-state index in [-0.39, 0.29) is 23.6 Å². The Morgan fingerprint density at radius 2 is 2.37 bits per heavy atom. The standard InChI is InChI=1S/C10H10ClN5O3/c11-8-12-3-6-7(14-8)16(9(17)13-6)5-1-2-15(4-5)10(18)19/h3,5H,1-2,4H2,(H,13,17)(H,18,19)/t5-/m0/s1. The van der Waals surface area contributed by atoms with E-state index in [2.05, 4.69) is 15.0 Å². The van der Waals surface area contributed by atoms with Crippen LogP contribution in [0, 0.1) is 0 Å². The van der Waals surface area contributed by atoms with Gasteiger partial charge in [-0.2, -0.15) is 4.98 Å². The van der Waals surface area contributed by atoms with Gasteiger partial charge in [0, 0.05) is 13.1 Å². The number of carboxylic acid groups (broad SMARTS) is 1. The van der Waals surface area contributed by atoms with Crippen LogP contribution in [-0.2, 0) is 0 Å². The molecule has 3 heterocycles. The van der Waals surface area contributed by atoms with Crippen molar-refractivity contribution in [2.45, 2.75) is 12.5 Å². The zero-order valence-electron chi connectivity index (χ0n) is 9.71. The Hall–Kier alpha value is -2.09. The molecule has 0 radical (unpaired) electrons. The molecule has 2 aromatic rings. The summed E-state index contributed by atoms with van der Waals surface area (Å²) in [7, 11) is 0. The van der Waals surface area contributed by atoms with Crippen LogP contribution in [0.3, 0.4) is 0 Å². The van der Waals surface area contributed by atoms with Crippen LogP contribution in [0.4, 0.5) is 4.79 Å². The van der Waals surface area contributed by atoms with Gasteiger partial charge in [0.25, 0.3) is 0 Å². The smallest absolute Gasteiger partial charge is 0.407 e. The van der Waals surface area contributed by atoms with Crippen LogP contribution in [-0.4, -0.2) is 48.7 Å². The lowest BCUT2D eigenvalue weighted by molar-refractivity contribution is 0.154. The predicted molar refractivity (Wildman–Crippen MR) is 66.4 cm³/mol. The lowest BCUT2D eigenvalue weighted by Crippen LogP contribution is -2.29. The first-order valence-corrected chi connectivity index (χ1v) is 6.04. The number of fused-ring (bicyclic) bond motifs is 1. The summed E-state index contributed by atoms with van der Waals surface area (Å²) in [6.45, 7) is 0.668. The minimum absolute atomic E-state index is 0.0494. The summed E-state index contributed by atoms with van der Waals surface area (Å²) in [6.07, 6.45) is 1.02. The third-order valence-corrected chi connectivity index (χ3v) is 3.41. The van der Waals surface area contributed by atoms with Crippen LogP contribution in [0.1, 0.15) is 12.5 Å². The zero-order chi connectivity index (χ0) is 13.6. The second-order valence-electron chi connectivity index (χ2n) is 4.35. The van der Waals surface area contributed by atoms with Crippen molar-refractivity contribution in [3.8, 4) is 0 Å². The number of hydrogen-bond donors (Lipinski definition) is 2. The molecule has 0 unspecified atom stereocenters. The van der Waals surface area contributed by atoms with Gasteiger partial charge in [-0.05, 0) is 18.0 Å². The number of halogens is 1. The number of rotatable bonds is 1. The molecule has 100 valence electrons. The summed E-state index contributed by atoms with van der Waals surface area (Å²) in [5, 5.41) is 8.99. The lowest BCUT2D eigenvalue weighted by atomic mass is 10.2. The number of imidazole rings is 1. The number of hydrogen-bond acceptors (Lipinski definition) is 4. The Kier molecular flexibility index (Phi) is 2.67. The molecule has 0 saturated carbocycles. The van der Waals surface area contributed by atoms with Gasteiger partial charge in [-0.15, -0.1) is 0 Å². The Morgan fingerprint density at radius 3 is 3.05 bits per heavy atom. The Morgan fingerprint density at radius 1 is 1.58 bits per heavy atom. The molecule has 9 heteroatoms. The minimum atomic E-state index is -0.983. The highest BCUT2D eigenvalue weighted by Gasteiger charge is 2.29. The van der Waals surface area contributed by atoms with Crippen molar-refractivity contribution in [3.63, 3.8) is 0 Å². The van der Waals surface area contributed by atoms with Gasteiger partial charge in [-0.3, -0.25) is 4.57 Å². The van der Waals surface area contributed by atoms with Gasteiger partial charge < -0.3 is 15.0 Å². The molecule has 1 atom stereocenters. The number of likely N-dealkylation sites (tertiary alicyclic amines) is 1. The molecule has 2 N–H and O–H groups in total. The summed E-state index contributed by atoms with van der Waals surface area (Å²) in [5.74, 6) is 0. The molecule has 1 fully saturated rings. The molecule has 2 aromatic heterocycles. The molecule has 0 spiro atoms. The number of aromatic amines is 1. The molecule has 1 aliphatic heterocycles. The highest BCUT2D eigenvalue weighted by Crippen LogP contribution is 2.23. The molecule has 19 heavy (non-hydrogen) atoms. The number of H-pyrrole nitrogens is 1. The van der Waals surface area contributed by atoms with Crippen LogP contribution in [0.2, 0.25) is 5.28 Å².